The second-order valence-electron chi connectivity index (χ2n) is 7.45. The quantitative estimate of drug-likeness (QED) is 0.682. The van der Waals surface area contributed by atoms with Gasteiger partial charge >= 0.3 is 0 Å². The SMILES string of the molecule is Cc1ccc(CN2CCC(CN=C(N)N3CCCCC3)CC2)cc1. The highest BCUT2D eigenvalue weighted by atomic mass is 15.3. The van der Waals surface area contributed by atoms with Gasteiger partial charge in [0.25, 0.3) is 0 Å². The predicted octanol–water partition coefficient (Wildman–Crippen LogP) is 3.01. The summed E-state index contributed by atoms with van der Waals surface area (Å²) in [5, 5.41) is 0. The van der Waals surface area contributed by atoms with E-state index in [-0.39, 0.29) is 0 Å². The van der Waals surface area contributed by atoms with Crippen LogP contribution in [-0.4, -0.2) is 48.5 Å². The van der Waals surface area contributed by atoms with Crippen molar-refractivity contribution in [3.63, 3.8) is 0 Å². The topological polar surface area (TPSA) is 44.9 Å². The maximum atomic E-state index is 6.17. The first-order chi connectivity index (χ1) is 11.7. The first-order valence-corrected chi connectivity index (χ1v) is 9.53. The van der Waals surface area contributed by atoms with Crippen LogP contribution in [0.2, 0.25) is 0 Å². The summed E-state index contributed by atoms with van der Waals surface area (Å²) < 4.78 is 0. The molecule has 0 amide bonds. The lowest BCUT2D eigenvalue weighted by Gasteiger charge is -2.32. The molecule has 2 saturated heterocycles. The van der Waals surface area contributed by atoms with Gasteiger partial charge in [0.15, 0.2) is 5.96 Å². The smallest absolute Gasteiger partial charge is 0.191 e. The molecule has 0 radical (unpaired) electrons. The van der Waals surface area contributed by atoms with Crippen LogP contribution in [0.4, 0.5) is 0 Å². The third-order valence-corrected chi connectivity index (χ3v) is 5.43. The average Bonchev–Trinajstić information content (AvgIpc) is 2.63. The first-order valence-electron chi connectivity index (χ1n) is 9.53. The highest BCUT2D eigenvalue weighted by Gasteiger charge is 2.19. The molecule has 2 fully saturated rings. The fraction of sp³-hybridized carbons (Fsp3) is 0.650. The van der Waals surface area contributed by atoms with Gasteiger partial charge in [0, 0.05) is 26.2 Å². The zero-order valence-electron chi connectivity index (χ0n) is 15.1. The Bertz CT molecular complexity index is 523. The number of guanidine groups is 1. The van der Waals surface area contributed by atoms with Gasteiger partial charge in [-0.1, -0.05) is 29.8 Å². The summed E-state index contributed by atoms with van der Waals surface area (Å²) in [6.07, 6.45) is 6.33. The van der Waals surface area contributed by atoms with Gasteiger partial charge in [-0.05, 0) is 63.6 Å². The predicted molar refractivity (Wildman–Crippen MR) is 101 cm³/mol. The summed E-state index contributed by atoms with van der Waals surface area (Å²) in [6, 6.07) is 8.93. The van der Waals surface area contributed by atoms with E-state index in [4.69, 9.17) is 10.7 Å². The lowest BCUT2D eigenvalue weighted by atomic mass is 9.96. The molecule has 1 aromatic carbocycles. The fourth-order valence-electron chi connectivity index (χ4n) is 3.72. The number of rotatable bonds is 4. The Balaban J connectivity index is 1.40. The number of nitrogens with zero attached hydrogens (tertiary/aromatic N) is 3. The van der Waals surface area contributed by atoms with Crippen molar-refractivity contribution in [2.75, 3.05) is 32.7 Å². The van der Waals surface area contributed by atoms with Crippen LogP contribution in [0.15, 0.2) is 29.3 Å². The van der Waals surface area contributed by atoms with Gasteiger partial charge in [-0.2, -0.15) is 0 Å². The number of aryl methyl sites for hydroxylation is 1. The van der Waals surface area contributed by atoms with E-state index in [2.05, 4.69) is 41.0 Å². The zero-order valence-corrected chi connectivity index (χ0v) is 15.1. The molecule has 2 heterocycles. The molecular formula is C20H32N4. The largest absolute Gasteiger partial charge is 0.370 e. The molecule has 24 heavy (non-hydrogen) atoms. The minimum Gasteiger partial charge on any atom is -0.370 e. The van der Waals surface area contributed by atoms with Gasteiger partial charge in [-0.15, -0.1) is 0 Å². The molecule has 4 heteroatoms. The van der Waals surface area contributed by atoms with Gasteiger partial charge in [0.05, 0.1) is 0 Å². The van der Waals surface area contributed by atoms with Crippen LogP contribution in [0.1, 0.15) is 43.2 Å². The second-order valence-corrected chi connectivity index (χ2v) is 7.45. The number of benzene rings is 1. The first kappa shape index (κ1) is 17.3. The summed E-state index contributed by atoms with van der Waals surface area (Å²) >= 11 is 0. The van der Waals surface area contributed by atoms with Gasteiger partial charge in [0.2, 0.25) is 0 Å². The van der Waals surface area contributed by atoms with E-state index in [0.29, 0.717) is 5.92 Å². The van der Waals surface area contributed by atoms with Crippen molar-refractivity contribution in [1.29, 1.82) is 0 Å². The minimum absolute atomic E-state index is 0.697. The van der Waals surface area contributed by atoms with E-state index in [1.165, 1.54) is 56.3 Å². The van der Waals surface area contributed by atoms with Crippen LogP contribution >= 0.6 is 0 Å². The van der Waals surface area contributed by atoms with Crippen LogP contribution in [0, 0.1) is 12.8 Å². The van der Waals surface area contributed by atoms with Gasteiger partial charge in [-0.25, -0.2) is 0 Å². The van der Waals surface area contributed by atoms with E-state index < -0.39 is 0 Å². The van der Waals surface area contributed by atoms with E-state index in [1.807, 2.05) is 0 Å². The average molecular weight is 329 g/mol. The molecule has 0 aromatic heterocycles. The number of nitrogens with two attached hydrogens (primary N) is 1. The van der Waals surface area contributed by atoms with Crippen molar-refractivity contribution in [3.8, 4) is 0 Å². The number of aliphatic imine (C=N–C) groups is 1. The highest BCUT2D eigenvalue weighted by Crippen LogP contribution is 2.20. The van der Waals surface area contributed by atoms with Gasteiger partial charge in [0.1, 0.15) is 0 Å². The van der Waals surface area contributed by atoms with Crippen molar-refractivity contribution in [3.05, 3.63) is 35.4 Å². The molecular weight excluding hydrogens is 296 g/mol. The van der Waals surface area contributed by atoms with Crippen LogP contribution in [0.5, 0.6) is 0 Å². The standard InChI is InChI=1S/C20H32N4/c1-17-5-7-19(8-6-17)16-23-13-9-18(10-14-23)15-22-20(21)24-11-3-2-4-12-24/h5-8,18H,2-4,9-16H2,1H3,(H2,21,22). The van der Waals surface area contributed by atoms with E-state index in [9.17, 15) is 0 Å². The Morgan fingerprint density at radius 1 is 1.04 bits per heavy atom. The van der Waals surface area contributed by atoms with Crippen molar-refractivity contribution < 1.29 is 0 Å². The van der Waals surface area contributed by atoms with Gasteiger partial charge < -0.3 is 10.6 Å². The summed E-state index contributed by atoms with van der Waals surface area (Å²) in [6.45, 7) is 8.66. The maximum absolute atomic E-state index is 6.17. The minimum atomic E-state index is 0.697. The Morgan fingerprint density at radius 3 is 2.38 bits per heavy atom. The summed E-state index contributed by atoms with van der Waals surface area (Å²) in [4.78, 5) is 9.52. The molecule has 0 unspecified atom stereocenters. The van der Waals surface area contributed by atoms with Crippen molar-refractivity contribution >= 4 is 5.96 Å². The third kappa shape index (κ3) is 4.97. The summed E-state index contributed by atoms with van der Waals surface area (Å²) in [7, 11) is 0. The molecule has 4 nitrogen and oxygen atoms in total. The fourth-order valence-corrected chi connectivity index (χ4v) is 3.72. The molecule has 0 bridgehead atoms. The van der Waals surface area contributed by atoms with Crippen LogP contribution in [0.25, 0.3) is 0 Å². The molecule has 132 valence electrons. The van der Waals surface area contributed by atoms with Gasteiger partial charge in [-0.3, -0.25) is 9.89 Å². The molecule has 2 aliphatic rings. The molecule has 0 atom stereocenters. The normalized spacial score (nSPS) is 21.2. The van der Waals surface area contributed by atoms with Crippen molar-refractivity contribution in [2.24, 2.45) is 16.6 Å². The Morgan fingerprint density at radius 2 is 1.71 bits per heavy atom. The monoisotopic (exact) mass is 328 g/mol. The summed E-state index contributed by atoms with van der Waals surface area (Å²) in [5.74, 6) is 1.47. The molecule has 3 rings (SSSR count). The Hall–Kier alpha value is -1.55. The zero-order chi connectivity index (χ0) is 16.8. The van der Waals surface area contributed by atoms with E-state index in [1.54, 1.807) is 0 Å². The van der Waals surface area contributed by atoms with Crippen molar-refractivity contribution in [2.45, 2.75) is 45.6 Å². The lowest BCUT2D eigenvalue weighted by molar-refractivity contribution is 0.180. The third-order valence-electron chi connectivity index (χ3n) is 5.43. The highest BCUT2D eigenvalue weighted by molar-refractivity contribution is 5.78. The van der Waals surface area contributed by atoms with E-state index >= 15 is 0 Å². The second kappa shape index (κ2) is 8.52. The molecule has 0 spiro atoms. The Labute approximate surface area is 146 Å². The number of hydrogen-bond acceptors (Lipinski definition) is 2. The summed E-state index contributed by atoms with van der Waals surface area (Å²) in [5.41, 5.74) is 8.93. The Kier molecular flexibility index (Phi) is 6.13. The van der Waals surface area contributed by atoms with E-state index in [0.717, 1.165) is 32.1 Å². The molecule has 0 aliphatic carbocycles. The lowest BCUT2D eigenvalue weighted by Crippen LogP contribution is -2.41. The van der Waals surface area contributed by atoms with Crippen LogP contribution < -0.4 is 5.73 Å². The molecule has 2 aliphatic heterocycles. The van der Waals surface area contributed by atoms with Crippen LogP contribution in [-0.2, 0) is 6.54 Å². The number of piperidine rings is 2. The maximum Gasteiger partial charge on any atom is 0.191 e. The number of likely N-dealkylation sites (tertiary alicyclic amines) is 2. The van der Waals surface area contributed by atoms with Crippen molar-refractivity contribution in [1.82, 2.24) is 9.80 Å². The number of hydrogen-bond donors (Lipinski definition) is 1. The molecule has 0 saturated carbocycles. The molecule has 2 N–H and O–H groups in total. The van der Waals surface area contributed by atoms with Crippen LogP contribution in [0.3, 0.4) is 0 Å². The molecule has 1 aromatic rings.